The Labute approximate surface area is 117 Å². The summed E-state index contributed by atoms with van der Waals surface area (Å²) in [7, 11) is 0. The van der Waals surface area contributed by atoms with Gasteiger partial charge in [0.2, 0.25) is 0 Å². The summed E-state index contributed by atoms with van der Waals surface area (Å²) >= 11 is 6.04. The number of benzene rings is 1. The van der Waals surface area contributed by atoms with Crippen LogP contribution < -0.4 is 5.32 Å². The molecule has 100 valence electrons. The molecule has 4 heteroatoms. The molecule has 1 atom stereocenters. The highest BCUT2D eigenvalue weighted by molar-refractivity contribution is 6.43. The molecule has 0 radical (unpaired) electrons. The summed E-state index contributed by atoms with van der Waals surface area (Å²) in [6.07, 6.45) is 1.27. The van der Waals surface area contributed by atoms with Crippen molar-refractivity contribution in [3.8, 4) is 0 Å². The van der Waals surface area contributed by atoms with Crippen molar-refractivity contribution in [1.82, 2.24) is 0 Å². The van der Waals surface area contributed by atoms with Gasteiger partial charge in [0.05, 0.1) is 0 Å². The van der Waals surface area contributed by atoms with Crippen LogP contribution >= 0.6 is 11.6 Å². The van der Waals surface area contributed by atoms with Gasteiger partial charge < -0.3 is 5.32 Å². The third-order valence-corrected chi connectivity index (χ3v) is 3.62. The van der Waals surface area contributed by atoms with Crippen molar-refractivity contribution in [3.63, 3.8) is 0 Å². The van der Waals surface area contributed by atoms with Crippen LogP contribution in [0.15, 0.2) is 35.0 Å². The monoisotopic (exact) mass is 277 g/mol. The Kier molecular flexibility index (Phi) is 4.05. The summed E-state index contributed by atoms with van der Waals surface area (Å²) in [5, 5.41) is 3.47. The van der Waals surface area contributed by atoms with Gasteiger partial charge in [0.1, 0.15) is 5.03 Å². The molecule has 0 aromatic heterocycles. The maximum absolute atomic E-state index is 11.7. The van der Waals surface area contributed by atoms with E-state index in [1.54, 1.807) is 12.1 Å². The van der Waals surface area contributed by atoms with E-state index in [0.717, 1.165) is 17.8 Å². The zero-order chi connectivity index (χ0) is 14.0. The summed E-state index contributed by atoms with van der Waals surface area (Å²) in [6, 6.07) is 7.15. The number of anilines is 1. The lowest BCUT2D eigenvalue weighted by Crippen LogP contribution is -2.19. The van der Waals surface area contributed by atoms with Gasteiger partial charge in [-0.25, -0.2) is 0 Å². The SMILES string of the molecule is CC(=O)c1ccc(NC2=C(Cl)C(=O)CC(C)C2)cc1. The molecule has 0 aliphatic heterocycles. The number of rotatable bonds is 3. The maximum atomic E-state index is 11.7. The first-order chi connectivity index (χ1) is 8.97. The maximum Gasteiger partial charge on any atom is 0.176 e. The molecule has 0 fully saturated rings. The van der Waals surface area contributed by atoms with Crippen LogP contribution in [0.4, 0.5) is 5.69 Å². The summed E-state index contributed by atoms with van der Waals surface area (Å²) < 4.78 is 0. The zero-order valence-electron chi connectivity index (χ0n) is 11.0. The number of hydrogen-bond acceptors (Lipinski definition) is 3. The number of hydrogen-bond donors (Lipinski definition) is 1. The molecular weight excluding hydrogens is 262 g/mol. The number of allylic oxidation sites excluding steroid dienone is 2. The third kappa shape index (κ3) is 3.24. The second kappa shape index (κ2) is 5.57. The lowest BCUT2D eigenvalue weighted by molar-refractivity contribution is -0.116. The molecule has 3 nitrogen and oxygen atoms in total. The van der Waals surface area contributed by atoms with Crippen molar-refractivity contribution in [2.24, 2.45) is 5.92 Å². The Hall–Kier alpha value is -1.61. The first-order valence-corrected chi connectivity index (χ1v) is 6.65. The van der Waals surface area contributed by atoms with Gasteiger partial charge in [0, 0.05) is 23.4 Å². The molecule has 0 spiro atoms. The number of Topliss-reactive ketones (excluding diaryl/α,β-unsaturated/α-hetero) is 2. The van der Waals surface area contributed by atoms with E-state index >= 15 is 0 Å². The van der Waals surface area contributed by atoms with E-state index in [0.29, 0.717) is 22.9 Å². The summed E-state index contributed by atoms with van der Waals surface area (Å²) in [5.74, 6) is 0.322. The van der Waals surface area contributed by atoms with Crippen molar-refractivity contribution < 1.29 is 9.59 Å². The van der Waals surface area contributed by atoms with Crippen molar-refractivity contribution >= 4 is 28.9 Å². The Balaban J connectivity index is 2.18. The fraction of sp³-hybridized carbons (Fsp3) is 0.333. The lowest BCUT2D eigenvalue weighted by atomic mass is 9.92. The van der Waals surface area contributed by atoms with Crippen LogP contribution in [0.2, 0.25) is 0 Å². The Morgan fingerprint density at radius 2 is 1.89 bits per heavy atom. The average Bonchev–Trinajstić information content (AvgIpc) is 2.36. The molecule has 0 amide bonds. The molecule has 1 unspecified atom stereocenters. The number of carbonyl (C=O) groups excluding carboxylic acids is 2. The van der Waals surface area contributed by atoms with Crippen LogP contribution in [0.25, 0.3) is 0 Å². The average molecular weight is 278 g/mol. The first-order valence-electron chi connectivity index (χ1n) is 6.27. The highest BCUT2D eigenvalue weighted by atomic mass is 35.5. The van der Waals surface area contributed by atoms with E-state index in [-0.39, 0.29) is 11.6 Å². The smallest absolute Gasteiger partial charge is 0.176 e. The molecule has 0 saturated heterocycles. The topological polar surface area (TPSA) is 46.2 Å². The molecule has 1 aromatic rings. The number of ketones is 2. The van der Waals surface area contributed by atoms with Gasteiger partial charge in [-0.1, -0.05) is 18.5 Å². The zero-order valence-corrected chi connectivity index (χ0v) is 11.8. The van der Waals surface area contributed by atoms with Gasteiger partial charge in [-0.05, 0) is 43.5 Å². The van der Waals surface area contributed by atoms with E-state index in [1.165, 1.54) is 6.92 Å². The predicted octanol–water partition coefficient (Wildman–Crippen LogP) is 3.75. The highest BCUT2D eigenvalue weighted by Crippen LogP contribution is 2.29. The highest BCUT2D eigenvalue weighted by Gasteiger charge is 2.23. The molecule has 1 aromatic carbocycles. The Morgan fingerprint density at radius 1 is 1.26 bits per heavy atom. The lowest BCUT2D eigenvalue weighted by Gasteiger charge is -2.22. The van der Waals surface area contributed by atoms with Crippen molar-refractivity contribution in [1.29, 1.82) is 0 Å². The van der Waals surface area contributed by atoms with Gasteiger partial charge in [-0.15, -0.1) is 0 Å². The molecule has 2 rings (SSSR count). The third-order valence-electron chi connectivity index (χ3n) is 3.18. The molecule has 1 aliphatic carbocycles. The summed E-state index contributed by atoms with van der Waals surface area (Å²) in [4.78, 5) is 22.9. The Morgan fingerprint density at radius 3 is 2.47 bits per heavy atom. The van der Waals surface area contributed by atoms with E-state index in [2.05, 4.69) is 5.32 Å². The van der Waals surface area contributed by atoms with Gasteiger partial charge >= 0.3 is 0 Å². The molecule has 19 heavy (non-hydrogen) atoms. The number of nitrogens with one attached hydrogen (secondary N) is 1. The molecular formula is C15H16ClNO2. The minimum absolute atomic E-state index is 0.0109. The van der Waals surface area contributed by atoms with Crippen LogP contribution in [0.1, 0.15) is 37.0 Å². The van der Waals surface area contributed by atoms with Crippen LogP contribution in [-0.2, 0) is 4.79 Å². The number of halogens is 1. The molecule has 0 heterocycles. The molecule has 0 saturated carbocycles. The van der Waals surface area contributed by atoms with Crippen molar-refractivity contribution in [3.05, 3.63) is 40.6 Å². The van der Waals surface area contributed by atoms with E-state index in [9.17, 15) is 9.59 Å². The van der Waals surface area contributed by atoms with Crippen molar-refractivity contribution in [2.45, 2.75) is 26.7 Å². The predicted molar refractivity (Wildman–Crippen MR) is 76.4 cm³/mol. The van der Waals surface area contributed by atoms with Crippen LogP contribution in [-0.4, -0.2) is 11.6 Å². The summed E-state index contributed by atoms with van der Waals surface area (Å²) in [5.41, 5.74) is 2.26. The van der Waals surface area contributed by atoms with Gasteiger partial charge in [0.25, 0.3) is 0 Å². The van der Waals surface area contributed by atoms with Gasteiger partial charge in [-0.3, -0.25) is 9.59 Å². The van der Waals surface area contributed by atoms with E-state index in [4.69, 9.17) is 11.6 Å². The van der Waals surface area contributed by atoms with Crippen LogP contribution in [0, 0.1) is 5.92 Å². The fourth-order valence-corrected chi connectivity index (χ4v) is 2.35. The standard InChI is InChI=1S/C15H16ClNO2/c1-9-7-13(15(16)14(19)8-9)17-12-5-3-11(4-6-12)10(2)18/h3-6,9,17H,7-8H2,1-2H3. The quantitative estimate of drug-likeness (QED) is 0.856. The second-order valence-electron chi connectivity index (χ2n) is 4.99. The largest absolute Gasteiger partial charge is 0.358 e. The Bertz CT molecular complexity index is 546. The van der Waals surface area contributed by atoms with Gasteiger partial charge in [0.15, 0.2) is 11.6 Å². The number of carbonyl (C=O) groups is 2. The second-order valence-corrected chi connectivity index (χ2v) is 5.37. The van der Waals surface area contributed by atoms with E-state index in [1.807, 2.05) is 19.1 Å². The van der Waals surface area contributed by atoms with Crippen LogP contribution in [0.5, 0.6) is 0 Å². The summed E-state index contributed by atoms with van der Waals surface area (Å²) in [6.45, 7) is 3.56. The minimum Gasteiger partial charge on any atom is -0.358 e. The van der Waals surface area contributed by atoms with Gasteiger partial charge in [-0.2, -0.15) is 0 Å². The van der Waals surface area contributed by atoms with Crippen molar-refractivity contribution in [2.75, 3.05) is 5.32 Å². The van der Waals surface area contributed by atoms with Crippen LogP contribution in [0.3, 0.4) is 0 Å². The first kappa shape index (κ1) is 13.8. The normalized spacial score (nSPS) is 19.5. The fourth-order valence-electron chi connectivity index (χ4n) is 2.15. The van der Waals surface area contributed by atoms with E-state index < -0.39 is 0 Å². The minimum atomic E-state index is -0.0109. The molecule has 0 bridgehead atoms. The molecule has 1 N–H and O–H groups in total. The molecule has 1 aliphatic rings.